The van der Waals surface area contributed by atoms with Crippen LogP contribution < -0.4 is 0 Å². The van der Waals surface area contributed by atoms with Gasteiger partial charge in [-0.25, -0.2) is 0 Å². The van der Waals surface area contributed by atoms with Gasteiger partial charge in [-0.1, -0.05) is 35.9 Å². The van der Waals surface area contributed by atoms with E-state index >= 15 is 0 Å². The molecule has 1 aliphatic heterocycles. The molecule has 0 amide bonds. The second-order valence-corrected chi connectivity index (χ2v) is 4.01. The average molecular weight is 210 g/mol. The first kappa shape index (κ1) is 10.5. The van der Waals surface area contributed by atoms with Crippen LogP contribution in [0.1, 0.15) is 17.5 Å². The second kappa shape index (κ2) is 4.67. The number of allylic oxidation sites excluding steroid dienone is 2. The molecule has 16 heavy (non-hydrogen) atoms. The number of rotatable bonds is 2. The summed E-state index contributed by atoms with van der Waals surface area (Å²) in [5.74, 6) is 0. The lowest BCUT2D eigenvalue weighted by molar-refractivity contribution is 0.489. The first-order valence-corrected chi connectivity index (χ1v) is 5.36. The third-order valence-electron chi connectivity index (χ3n) is 2.59. The quantitative estimate of drug-likeness (QED) is 0.749. The zero-order valence-corrected chi connectivity index (χ0v) is 9.35. The van der Waals surface area contributed by atoms with Crippen LogP contribution in [-0.4, -0.2) is 4.90 Å². The van der Waals surface area contributed by atoms with Crippen molar-refractivity contribution >= 4 is 0 Å². The van der Waals surface area contributed by atoms with Gasteiger partial charge in [-0.15, -0.1) is 0 Å². The highest BCUT2D eigenvalue weighted by Crippen LogP contribution is 2.14. The van der Waals surface area contributed by atoms with Gasteiger partial charge in [0.05, 0.1) is 6.07 Å². The maximum absolute atomic E-state index is 8.83. The minimum atomic E-state index is 0.751. The van der Waals surface area contributed by atoms with E-state index in [1.54, 1.807) is 0 Å². The van der Waals surface area contributed by atoms with Crippen molar-refractivity contribution in [1.82, 2.24) is 4.90 Å². The van der Waals surface area contributed by atoms with Gasteiger partial charge in [-0.2, -0.15) is 5.26 Å². The summed E-state index contributed by atoms with van der Waals surface area (Å²) in [7, 11) is 0. The Kier molecular flexibility index (Phi) is 3.07. The molecule has 0 aromatic heterocycles. The minimum Gasteiger partial charge on any atom is -0.349 e. The molecule has 0 aliphatic carbocycles. The molecule has 2 heteroatoms. The summed E-state index contributed by atoms with van der Waals surface area (Å²) in [5, 5.41) is 8.83. The topological polar surface area (TPSA) is 27.0 Å². The van der Waals surface area contributed by atoms with Crippen molar-refractivity contribution < 1.29 is 0 Å². The molecule has 1 aromatic carbocycles. The fraction of sp³-hybridized carbons (Fsp3) is 0.214. The van der Waals surface area contributed by atoms with Crippen LogP contribution in [0.4, 0.5) is 0 Å². The van der Waals surface area contributed by atoms with Crippen LogP contribution in [0, 0.1) is 18.3 Å². The van der Waals surface area contributed by atoms with Crippen molar-refractivity contribution in [3.05, 3.63) is 59.4 Å². The van der Waals surface area contributed by atoms with E-state index in [9.17, 15) is 0 Å². The highest BCUT2D eigenvalue weighted by atomic mass is 15.1. The summed E-state index contributed by atoms with van der Waals surface area (Å²) in [5.41, 5.74) is 3.34. The van der Waals surface area contributed by atoms with E-state index in [1.165, 1.54) is 11.1 Å². The fourth-order valence-corrected chi connectivity index (χ4v) is 1.69. The summed E-state index contributed by atoms with van der Waals surface area (Å²) in [6, 6.07) is 10.7. The lowest BCUT2D eigenvalue weighted by Crippen LogP contribution is -2.12. The number of hydrogen-bond donors (Lipinski definition) is 0. The lowest BCUT2D eigenvalue weighted by atomic mass is 10.1. The highest BCUT2D eigenvalue weighted by molar-refractivity contribution is 5.28. The predicted molar refractivity (Wildman–Crippen MR) is 64.2 cm³/mol. The van der Waals surface area contributed by atoms with Crippen LogP contribution in [0.5, 0.6) is 0 Å². The molecule has 0 unspecified atom stereocenters. The molecule has 0 N–H and O–H groups in total. The normalized spacial score (nSPS) is 14.5. The van der Waals surface area contributed by atoms with E-state index in [0.717, 1.165) is 18.5 Å². The van der Waals surface area contributed by atoms with Gasteiger partial charge in [0.2, 0.25) is 0 Å². The van der Waals surface area contributed by atoms with Crippen LogP contribution in [-0.2, 0) is 6.54 Å². The van der Waals surface area contributed by atoms with E-state index in [4.69, 9.17) is 5.26 Å². The van der Waals surface area contributed by atoms with Gasteiger partial charge in [-0.3, -0.25) is 0 Å². The predicted octanol–water partition coefficient (Wildman–Crippen LogP) is 3.12. The van der Waals surface area contributed by atoms with Crippen molar-refractivity contribution in [2.45, 2.75) is 19.9 Å². The molecule has 0 saturated heterocycles. The van der Waals surface area contributed by atoms with E-state index in [0.29, 0.717) is 0 Å². The molecule has 0 fully saturated rings. The molecule has 0 radical (unpaired) electrons. The molecule has 2 nitrogen and oxygen atoms in total. The van der Waals surface area contributed by atoms with Crippen molar-refractivity contribution in [2.24, 2.45) is 0 Å². The zero-order valence-electron chi connectivity index (χ0n) is 9.35. The van der Waals surface area contributed by atoms with Crippen molar-refractivity contribution in [1.29, 1.82) is 5.26 Å². The third kappa shape index (κ3) is 2.52. The SMILES string of the molecule is Cc1ccc(CN2C=CCC(C#N)=C2)cc1. The third-order valence-corrected chi connectivity index (χ3v) is 2.59. The maximum Gasteiger partial charge on any atom is 0.0965 e. The smallest absolute Gasteiger partial charge is 0.0965 e. The average Bonchev–Trinajstić information content (AvgIpc) is 2.32. The Morgan fingerprint density at radius 3 is 2.75 bits per heavy atom. The van der Waals surface area contributed by atoms with E-state index < -0.39 is 0 Å². The first-order valence-electron chi connectivity index (χ1n) is 5.36. The summed E-state index contributed by atoms with van der Waals surface area (Å²) in [4.78, 5) is 2.05. The standard InChI is InChI=1S/C14H14N2/c1-12-4-6-13(7-5-12)10-16-8-2-3-14(9-15)11-16/h2,4-8,11H,3,10H2,1H3. The van der Waals surface area contributed by atoms with Gasteiger partial charge < -0.3 is 4.90 Å². The molecule has 80 valence electrons. The van der Waals surface area contributed by atoms with Crippen LogP contribution in [0.2, 0.25) is 0 Å². The van der Waals surface area contributed by atoms with E-state index in [-0.39, 0.29) is 0 Å². The van der Waals surface area contributed by atoms with Gasteiger partial charge in [0.15, 0.2) is 0 Å². The van der Waals surface area contributed by atoms with Crippen LogP contribution >= 0.6 is 0 Å². The van der Waals surface area contributed by atoms with E-state index in [2.05, 4.69) is 37.3 Å². The Morgan fingerprint density at radius 1 is 1.31 bits per heavy atom. The molecule has 0 saturated carbocycles. The Hall–Kier alpha value is -2.01. The molecule has 1 aromatic rings. The second-order valence-electron chi connectivity index (χ2n) is 4.01. The number of nitrogens with zero attached hydrogens (tertiary/aromatic N) is 2. The summed E-state index contributed by atoms with van der Waals surface area (Å²) in [6.07, 6.45) is 6.72. The Balaban J connectivity index is 2.08. The zero-order chi connectivity index (χ0) is 11.4. The van der Waals surface area contributed by atoms with Gasteiger partial charge in [-0.05, 0) is 12.5 Å². The summed E-state index contributed by atoms with van der Waals surface area (Å²) >= 11 is 0. The molecule has 0 bridgehead atoms. The Morgan fingerprint density at radius 2 is 2.06 bits per heavy atom. The molecular formula is C14H14N2. The number of nitriles is 1. The van der Waals surface area contributed by atoms with Crippen LogP contribution in [0.25, 0.3) is 0 Å². The van der Waals surface area contributed by atoms with Gasteiger partial charge in [0.25, 0.3) is 0 Å². The van der Waals surface area contributed by atoms with Crippen LogP contribution in [0.3, 0.4) is 0 Å². The fourth-order valence-electron chi connectivity index (χ4n) is 1.69. The molecule has 1 heterocycles. The van der Waals surface area contributed by atoms with Gasteiger partial charge in [0.1, 0.15) is 0 Å². The largest absolute Gasteiger partial charge is 0.349 e. The monoisotopic (exact) mass is 210 g/mol. The summed E-state index contributed by atoms with van der Waals surface area (Å²) < 4.78 is 0. The van der Waals surface area contributed by atoms with Crippen molar-refractivity contribution in [3.8, 4) is 6.07 Å². The molecule has 2 rings (SSSR count). The minimum absolute atomic E-state index is 0.751. The Labute approximate surface area is 96.1 Å². The highest BCUT2D eigenvalue weighted by Gasteiger charge is 2.04. The van der Waals surface area contributed by atoms with Gasteiger partial charge in [0, 0.05) is 30.9 Å². The molecular weight excluding hydrogens is 196 g/mol. The van der Waals surface area contributed by atoms with Crippen LogP contribution in [0.15, 0.2) is 48.3 Å². The lowest BCUT2D eigenvalue weighted by Gasteiger charge is -2.19. The van der Waals surface area contributed by atoms with Gasteiger partial charge >= 0.3 is 0 Å². The maximum atomic E-state index is 8.83. The van der Waals surface area contributed by atoms with Crippen molar-refractivity contribution in [2.75, 3.05) is 0 Å². The Bertz CT molecular complexity index is 461. The number of hydrogen-bond acceptors (Lipinski definition) is 2. The number of benzene rings is 1. The van der Waals surface area contributed by atoms with Crippen molar-refractivity contribution in [3.63, 3.8) is 0 Å². The molecule has 0 atom stereocenters. The van der Waals surface area contributed by atoms with E-state index in [1.807, 2.05) is 23.4 Å². The first-order chi connectivity index (χ1) is 7.78. The summed E-state index contributed by atoms with van der Waals surface area (Å²) in [6.45, 7) is 2.90. The molecule has 0 spiro atoms. The molecule has 1 aliphatic rings. The number of aryl methyl sites for hydroxylation is 1.